The molecule has 3 rings (SSSR count). The number of nitrogens with one attached hydrogen (secondary N) is 2. The number of anilines is 1. The number of carbonyl (C=O) groups is 2. The van der Waals surface area contributed by atoms with E-state index < -0.39 is 0 Å². The number of ketones is 1. The lowest BCUT2D eigenvalue weighted by atomic mass is 9.89. The SMILES string of the molecule is O=C(C[NH+]1CCC(C(=O)c2ccc(Cl)cc2)CC1)Nc1ccccc1. The smallest absolute Gasteiger partial charge is 0.279 e. The van der Waals surface area contributed by atoms with E-state index in [0.29, 0.717) is 11.6 Å². The summed E-state index contributed by atoms with van der Waals surface area (Å²) in [6.45, 7) is 2.12. The predicted molar refractivity (Wildman–Crippen MR) is 99.1 cm³/mol. The van der Waals surface area contributed by atoms with Crippen LogP contribution in [0.3, 0.4) is 0 Å². The summed E-state index contributed by atoms with van der Waals surface area (Å²) in [7, 11) is 0. The van der Waals surface area contributed by atoms with E-state index in [1.165, 1.54) is 4.90 Å². The number of hydrogen-bond acceptors (Lipinski definition) is 2. The molecule has 0 aliphatic carbocycles. The third-order valence-electron chi connectivity index (χ3n) is 4.66. The maximum atomic E-state index is 12.5. The molecule has 1 saturated heterocycles. The Morgan fingerprint density at radius 3 is 2.28 bits per heavy atom. The van der Waals surface area contributed by atoms with Gasteiger partial charge in [-0.3, -0.25) is 9.59 Å². The van der Waals surface area contributed by atoms with E-state index in [-0.39, 0.29) is 17.6 Å². The molecule has 0 atom stereocenters. The molecule has 1 heterocycles. The second-order valence-electron chi connectivity index (χ2n) is 6.49. The molecule has 1 aliphatic heterocycles. The number of rotatable bonds is 5. The van der Waals surface area contributed by atoms with Gasteiger partial charge in [0.1, 0.15) is 0 Å². The number of carbonyl (C=O) groups excluding carboxylic acids is 2. The highest BCUT2D eigenvalue weighted by Crippen LogP contribution is 2.18. The van der Waals surface area contributed by atoms with Crippen LogP contribution in [0.2, 0.25) is 5.02 Å². The Labute approximate surface area is 152 Å². The maximum Gasteiger partial charge on any atom is 0.279 e. The number of piperidine rings is 1. The zero-order valence-electron chi connectivity index (χ0n) is 14.0. The third kappa shape index (κ3) is 4.91. The molecular formula is C20H22ClN2O2+. The summed E-state index contributed by atoms with van der Waals surface area (Å²) in [5.41, 5.74) is 1.54. The van der Waals surface area contributed by atoms with Crippen molar-refractivity contribution in [2.75, 3.05) is 25.0 Å². The average molecular weight is 358 g/mol. The van der Waals surface area contributed by atoms with E-state index >= 15 is 0 Å². The van der Waals surface area contributed by atoms with Crippen molar-refractivity contribution in [3.63, 3.8) is 0 Å². The van der Waals surface area contributed by atoms with Gasteiger partial charge in [-0.05, 0) is 36.4 Å². The van der Waals surface area contributed by atoms with E-state index in [9.17, 15) is 9.59 Å². The number of benzene rings is 2. The predicted octanol–water partition coefficient (Wildman–Crippen LogP) is 2.46. The Hall–Kier alpha value is -2.17. The number of Topliss-reactive ketones (excluding diaryl/α,β-unsaturated/α-hetero) is 1. The number of amides is 1. The topological polar surface area (TPSA) is 50.6 Å². The van der Waals surface area contributed by atoms with Gasteiger partial charge >= 0.3 is 0 Å². The molecule has 2 aromatic rings. The first-order chi connectivity index (χ1) is 12.1. The molecule has 2 aromatic carbocycles. The molecule has 0 radical (unpaired) electrons. The molecule has 0 saturated carbocycles. The Morgan fingerprint density at radius 1 is 1.00 bits per heavy atom. The second kappa shape index (κ2) is 8.28. The van der Waals surface area contributed by atoms with Crippen LogP contribution in [0.5, 0.6) is 0 Å². The lowest BCUT2D eigenvalue weighted by Crippen LogP contribution is -3.14. The summed E-state index contributed by atoms with van der Waals surface area (Å²) in [4.78, 5) is 25.9. The van der Waals surface area contributed by atoms with Gasteiger partial charge in [0.25, 0.3) is 5.91 Å². The van der Waals surface area contributed by atoms with Gasteiger partial charge in [0.05, 0.1) is 13.1 Å². The van der Waals surface area contributed by atoms with Gasteiger partial charge in [-0.25, -0.2) is 0 Å². The number of para-hydroxylation sites is 1. The van der Waals surface area contributed by atoms with Crippen molar-refractivity contribution < 1.29 is 14.5 Å². The van der Waals surface area contributed by atoms with Crippen molar-refractivity contribution in [1.82, 2.24) is 0 Å². The minimum absolute atomic E-state index is 0.0173. The molecule has 2 N–H and O–H groups in total. The van der Waals surface area contributed by atoms with Crippen LogP contribution in [0.25, 0.3) is 0 Å². The van der Waals surface area contributed by atoms with Crippen LogP contribution in [0.4, 0.5) is 5.69 Å². The van der Waals surface area contributed by atoms with Crippen molar-refractivity contribution in [3.8, 4) is 0 Å². The fraction of sp³-hybridized carbons (Fsp3) is 0.300. The Bertz CT molecular complexity index is 723. The van der Waals surface area contributed by atoms with Crippen LogP contribution in [-0.2, 0) is 4.79 Å². The largest absolute Gasteiger partial charge is 0.327 e. The maximum absolute atomic E-state index is 12.5. The summed E-state index contributed by atoms with van der Waals surface area (Å²) in [6.07, 6.45) is 1.63. The summed E-state index contributed by atoms with van der Waals surface area (Å²) in [6, 6.07) is 16.6. The fourth-order valence-corrected chi connectivity index (χ4v) is 3.39. The molecule has 5 heteroatoms. The fourth-order valence-electron chi connectivity index (χ4n) is 3.27. The second-order valence-corrected chi connectivity index (χ2v) is 6.92. The van der Waals surface area contributed by atoms with Crippen LogP contribution in [0.15, 0.2) is 54.6 Å². The zero-order chi connectivity index (χ0) is 17.6. The number of quaternary nitrogens is 1. The molecule has 0 unspecified atom stereocenters. The molecule has 0 bridgehead atoms. The van der Waals surface area contributed by atoms with Crippen LogP contribution in [-0.4, -0.2) is 31.3 Å². The molecule has 1 fully saturated rings. The molecule has 1 aliphatic rings. The summed E-state index contributed by atoms with van der Waals surface area (Å²) < 4.78 is 0. The van der Waals surface area contributed by atoms with E-state index in [0.717, 1.165) is 37.2 Å². The molecule has 0 spiro atoms. The van der Waals surface area contributed by atoms with E-state index in [2.05, 4.69) is 5.32 Å². The lowest BCUT2D eigenvalue weighted by Gasteiger charge is -2.28. The van der Waals surface area contributed by atoms with Crippen molar-refractivity contribution in [2.24, 2.45) is 5.92 Å². The number of likely N-dealkylation sites (tertiary alicyclic amines) is 1. The number of hydrogen-bond donors (Lipinski definition) is 2. The monoisotopic (exact) mass is 357 g/mol. The van der Waals surface area contributed by atoms with E-state index in [4.69, 9.17) is 11.6 Å². The highest BCUT2D eigenvalue weighted by Gasteiger charge is 2.29. The first kappa shape index (κ1) is 17.6. The third-order valence-corrected chi connectivity index (χ3v) is 4.91. The molecule has 4 nitrogen and oxygen atoms in total. The minimum atomic E-state index is 0.0173. The standard InChI is InChI=1S/C20H21ClN2O2/c21-17-8-6-15(7-9-17)20(25)16-10-12-23(13-11-16)14-19(24)22-18-4-2-1-3-5-18/h1-9,16H,10-14H2,(H,22,24)/p+1. The lowest BCUT2D eigenvalue weighted by molar-refractivity contribution is -0.897. The van der Waals surface area contributed by atoms with Gasteiger partial charge in [0, 0.05) is 35.0 Å². The average Bonchev–Trinajstić information content (AvgIpc) is 2.63. The van der Waals surface area contributed by atoms with Gasteiger partial charge in [0.15, 0.2) is 12.3 Å². The Morgan fingerprint density at radius 2 is 1.64 bits per heavy atom. The normalized spacial score (nSPS) is 20.0. The number of halogens is 1. The van der Waals surface area contributed by atoms with Gasteiger partial charge in [-0.1, -0.05) is 29.8 Å². The highest BCUT2D eigenvalue weighted by atomic mass is 35.5. The first-order valence-electron chi connectivity index (χ1n) is 8.60. The van der Waals surface area contributed by atoms with Crippen LogP contribution in [0, 0.1) is 5.92 Å². The Kier molecular flexibility index (Phi) is 5.84. The summed E-state index contributed by atoms with van der Waals surface area (Å²) in [5.74, 6) is 0.246. The van der Waals surface area contributed by atoms with Crippen LogP contribution >= 0.6 is 11.6 Å². The van der Waals surface area contributed by atoms with Crippen molar-refractivity contribution >= 4 is 29.0 Å². The van der Waals surface area contributed by atoms with E-state index in [1.807, 2.05) is 30.3 Å². The van der Waals surface area contributed by atoms with E-state index in [1.54, 1.807) is 24.3 Å². The van der Waals surface area contributed by atoms with Gasteiger partial charge < -0.3 is 10.2 Å². The molecule has 25 heavy (non-hydrogen) atoms. The van der Waals surface area contributed by atoms with Gasteiger partial charge in [-0.2, -0.15) is 0 Å². The van der Waals surface area contributed by atoms with Crippen LogP contribution in [0.1, 0.15) is 23.2 Å². The van der Waals surface area contributed by atoms with Gasteiger partial charge in [0.2, 0.25) is 0 Å². The highest BCUT2D eigenvalue weighted by molar-refractivity contribution is 6.30. The Balaban J connectivity index is 1.47. The van der Waals surface area contributed by atoms with Gasteiger partial charge in [-0.15, -0.1) is 0 Å². The molecule has 130 valence electrons. The minimum Gasteiger partial charge on any atom is -0.327 e. The molecular weight excluding hydrogens is 336 g/mol. The summed E-state index contributed by atoms with van der Waals surface area (Å²) in [5, 5.41) is 3.55. The van der Waals surface area contributed by atoms with Crippen LogP contribution < -0.4 is 10.2 Å². The van der Waals surface area contributed by atoms with Crippen molar-refractivity contribution in [2.45, 2.75) is 12.8 Å². The molecule has 0 aromatic heterocycles. The quantitative estimate of drug-likeness (QED) is 0.808. The molecule has 1 amide bonds. The zero-order valence-corrected chi connectivity index (χ0v) is 14.8. The summed E-state index contributed by atoms with van der Waals surface area (Å²) >= 11 is 5.88. The van der Waals surface area contributed by atoms with Crippen molar-refractivity contribution in [3.05, 3.63) is 65.2 Å². The first-order valence-corrected chi connectivity index (χ1v) is 8.98. The van der Waals surface area contributed by atoms with Crippen molar-refractivity contribution in [1.29, 1.82) is 0 Å².